The van der Waals surface area contributed by atoms with E-state index in [0.29, 0.717) is 32.4 Å². The zero-order valence-corrected chi connectivity index (χ0v) is 64.1. The van der Waals surface area contributed by atoms with E-state index in [-0.39, 0.29) is 65.5 Å². The molecule has 0 bridgehead atoms. The predicted octanol–water partition coefficient (Wildman–Crippen LogP) is 13.6. The first-order valence-corrected chi connectivity index (χ1v) is 39.3. The Hall–Kier alpha value is -8.35. The maximum Gasteiger partial charge on any atom is 0.472 e. The Balaban J connectivity index is 0.887. The monoisotopic (exact) mass is 1590 g/mol. The lowest BCUT2D eigenvalue weighted by atomic mass is 9.94. The Bertz CT molecular complexity index is 4350. The standard InChI is InChI=1S/C84H89Cl2N2O23P/c1-52-66(104-78(90)61-25-15-7-16-26-61)43-68(97-46-59-29-35-63(85)36-30-59)80(102-52)108-73-70(50-95-45-56-19-9-4-10-20-56)106-82(96-42-41-55-33-39-65(40-34-55)88-84(92)100-49-58-23-13-6-14-24-58)72(87-54(3)89)75(73)109-83-77(76(99-48-57-21-11-5-12-22-57)74-71(107-83)51-101-112(93,94)111-74)110-81-69(98-47-60-31-37-64(86)38-32-60)44-67(53(2)103-81)105-79(91)62-27-17-8-18-28-62/h4-40,52-53,66-77,80-83H,41-51H2,1-3H3,(H,87,89)(H,88,92)(H,93,94)/t52-,53-,66-,67-,68-,69-,70+,71+,72+,73+,74-,75+,76-,77+,80-,81-,82+,83-/m0/s1. The smallest absolute Gasteiger partial charge is 0.456 e. The molecule has 0 spiro atoms. The van der Waals surface area contributed by atoms with Crippen molar-refractivity contribution < 1.29 is 109 Å². The van der Waals surface area contributed by atoms with Crippen molar-refractivity contribution in [2.45, 2.75) is 184 Å². The van der Waals surface area contributed by atoms with E-state index in [4.69, 9.17) is 103 Å². The van der Waals surface area contributed by atoms with Gasteiger partial charge in [0.05, 0.1) is 69.6 Å². The minimum Gasteiger partial charge on any atom is -0.456 e. The van der Waals surface area contributed by atoms with Gasteiger partial charge in [-0.1, -0.05) is 187 Å². The second kappa shape index (κ2) is 39.6. The highest BCUT2D eigenvalue weighted by molar-refractivity contribution is 7.47. The quantitative estimate of drug-likeness (QED) is 0.0207. The first-order valence-electron chi connectivity index (χ1n) is 37.1. The average molecular weight is 1600 g/mol. The van der Waals surface area contributed by atoms with Crippen LogP contribution >= 0.6 is 31.0 Å². The van der Waals surface area contributed by atoms with Crippen molar-refractivity contribution in [1.82, 2.24) is 5.32 Å². The lowest BCUT2D eigenvalue weighted by molar-refractivity contribution is -0.392. The molecule has 5 aliphatic heterocycles. The molecule has 3 N–H and O–H groups in total. The largest absolute Gasteiger partial charge is 0.472 e. The number of hydrogen-bond donors (Lipinski definition) is 3. The Morgan fingerprint density at radius 1 is 0.482 bits per heavy atom. The van der Waals surface area contributed by atoms with E-state index < -0.39 is 149 Å². The number of carbonyl (C=O) groups excluding carboxylic acids is 4. The van der Waals surface area contributed by atoms with Gasteiger partial charge in [-0.3, -0.25) is 19.2 Å². The third-order valence-electron chi connectivity index (χ3n) is 19.5. The molecular weight excluding hydrogens is 1510 g/mol. The fourth-order valence-electron chi connectivity index (χ4n) is 13.6. The molecule has 5 fully saturated rings. The van der Waals surface area contributed by atoms with Gasteiger partial charge in [-0.15, -0.1) is 0 Å². The van der Waals surface area contributed by atoms with Crippen LogP contribution in [-0.4, -0.2) is 159 Å². The number of phosphoric ester groups is 1. The van der Waals surface area contributed by atoms with E-state index in [1.807, 2.05) is 115 Å². The van der Waals surface area contributed by atoms with Crippen LogP contribution in [0.4, 0.5) is 10.5 Å². The zero-order chi connectivity index (χ0) is 77.9. The van der Waals surface area contributed by atoms with Crippen LogP contribution in [0.3, 0.4) is 0 Å². The van der Waals surface area contributed by atoms with Crippen LogP contribution < -0.4 is 10.6 Å². The number of halogens is 2. The molecule has 0 radical (unpaired) electrons. The SMILES string of the molecule is CC(=O)N[C@H]1[C@H](OCCc2ccc(NC(=O)OCc3ccccc3)cc2)O[C@H](COCc2ccccc2)[C@@H](O[C@@H]2O[C@@H](C)[C@@H](OC(=O)c3ccccc3)C[C@@H]2OCc2ccc(Cl)cc2)[C@@H]1O[C@@H]1O[C@@H]2COP(=O)(O)O[C@@H]2[C@H](OCc2ccccc2)[C@H]1O[C@@H]1O[C@@H](C)[C@@H](OC(=O)c2ccccc2)C[C@@H]1OCc1ccc(Cl)cc1. The van der Waals surface area contributed by atoms with Gasteiger partial charge < -0.3 is 81.3 Å². The second-order valence-corrected chi connectivity index (χ2v) is 30.0. The number of fused-ring (bicyclic) bond motifs is 1. The molecule has 5 heterocycles. The average Bonchev–Trinajstić information content (AvgIpc) is 0.750. The third kappa shape index (κ3) is 22.8. The Labute approximate surface area is 659 Å². The molecule has 0 saturated carbocycles. The van der Waals surface area contributed by atoms with E-state index in [9.17, 15) is 28.6 Å². The molecule has 2 amide bonds. The van der Waals surface area contributed by atoms with Crippen molar-refractivity contribution >= 4 is 60.7 Å². The Kier molecular flexibility index (Phi) is 28.9. The first-order chi connectivity index (χ1) is 54.4. The number of amides is 2. The van der Waals surface area contributed by atoms with Crippen molar-refractivity contribution in [3.63, 3.8) is 0 Å². The molecule has 25 nitrogen and oxygen atoms in total. The third-order valence-corrected chi connectivity index (χ3v) is 21.0. The number of rotatable bonds is 31. The topological polar surface area (TPSA) is 287 Å². The fourth-order valence-corrected chi connectivity index (χ4v) is 14.8. The highest BCUT2D eigenvalue weighted by atomic mass is 35.5. The summed E-state index contributed by atoms with van der Waals surface area (Å²) in [6.07, 6.45) is -21.6. The van der Waals surface area contributed by atoms with E-state index >= 15 is 0 Å². The van der Waals surface area contributed by atoms with Gasteiger partial charge in [-0.05, 0) is 114 Å². The van der Waals surface area contributed by atoms with E-state index in [2.05, 4.69) is 10.6 Å². The number of phosphoric acid groups is 1. The molecule has 0 aliphatic carbocycles. The molecule has 13 rings (SSSR count). The van der Waals surface area contributed by atoms with E-state index in [0.717, 1.165) is 27.8 Å². The van der Waals surface area contributed by atoms with Gasteiger partial charge >= 0.3 is 25.9 Å². The zero-order valence-electron chi connectivity index (χ0n) is 61.7. The van der Waals surface area contributed by atoms with Crippen molar-refractivity contribution in [3.05, 3.63) is 279 Å². The van der Waals surface area contributed by atoms with Gasteiger partial charge in [0.25, 0.3) is 0 Å². The number of esters is 2. The summed E-state index contributed by atoms with van der Waals surface area (Å²) in [5, 5.41) is 6.86. The molecular formula is C84H89Cl2N2O23P. The first kappa shape index (κ1) is 81.7. The van der Waals surface area contributed by atoms with Crippen molar-refractivity contribution in [3.8, 4) is 0 Å². The van der Waals surface area contributed by atoms with Crippen LogP contribution in [0.2, 0.25) is 10.0 Å². The Morgan fingerprint density at radius 3 is 1.47 bits per heavy atom. The lowest BCUT2D eigenvalue weighted by Gasteiger charge is -2.52. The van der Waals surface area contributed by atoms with E-state index in [1.54, 1.807) is 123 Å². The fraction of sp³-hybridized carbons (Fsp3) is 0.381. The molecule has 19 atom stereocenters. The van der Waals surface area contributed by atoms with Gasteiger partial charge in [0.1, 0.15) is 79.8 Å². The van der Waals surface area contributed by atoms with Crippen LogP contribution in [0.1, 0.15) is 87.7 Å². The maximum atomic E-state index is 14.2. The number of ether oxygens (including phenoxy) is 15. The van der Waals surface area contributed by atoms with Crippen LogP contribution in [0, 0.1) is 0 Å². The summed E-state index contributed by atoms with van der Waals surface area (Å²) in [7, 11) is -4.84. The summed E-state index contributed by atoms with van der Waals surface area (Å²) >= 11 is 12.8. The van der Waals surface area contributed by atoms with E-state index in [1.165, 1.54) is 6.92 Å². The maximum absolute atomic E-state index is 14.2. The van der Waals surface area contributed by atoms with Crippen molar-refractivity contribution in [1.29, 1.82) is 0 Å². The summed E-state index contributed by atoms with van der Waals surface area (Å²) in [4.78, 5) is 66.3. The van der Waals surface area contributed by atoms with Crippen LogP contribution in [0.25, 0.3) is 0 Å². The summed E-state index contributed by atoms with van der Waals surface area (Å²) in [5.74, 6) is -1.76. The number of hydrogen-bond acceptors (Lipinski definition) is 22. The molecule has 28 heteroatoms. The van der Waals surface area contributed by atoms with Crippen LogP contribution in [0.15, 0.2) is 224 Å². The summed E-state index contributed by atoms with van der Waals surface area (Å²) < 4.78 is 128. The van der Waals surface area contributed by atoms with Gasteiger partial charge in [0, 0.05) is 35.5 Å². The Morgan fingerprint density at radius 2 is 0.946 bits per heavy atom. The highest BCUT2D eigenvalue weighted by Gasteiger charge is 2.59. The molecule has 8 aromatic carbocycles. The number of anilines is 1. The van der Waals surface area contributed by atoms with Crippen LogP contribution in [0.5, 0.6) is 0 Å². The molecule has 5 saturated heterocycles. The minimum atomic E-state index is -4.84. The number of nitrogens with one attached hydrogen (secondary N) is 2. The molecule has 8 aromatic rings. The highest BCUT2D eigenvalue weighted by Crippen LogP contribution is 2.52. The number of benzene rings is 8. The van der Waals surface area contributed by atoms with Crippen LogP contribution in [-0.2, 0) is 129 Å². The summed E-state index contributed by atoms with van der Waals surface area (Å²) in [5.41, 5.74) is 5.69. The molecule has 592 valence electrons. The molecule has 0 aromatic heterocycles. The van der Waals surface area contributed by atoms with Gasteiger partial charge in [-0.25, -0.2) is 18.9 Å². The number of carbonyl (C=O) groups is 4. The van der Waals surface area contributed by atoms with Crippen molar-refractivity contribution in [2.24, 2.45) is 0 Å². The summed E-state index contributed by atoms with van der Waals surface area (Å²) in [6.45, 7) is 4.02. The van der Waals surface area contributed by atoms with Gasteiger partial charge in [0.2, 0.25) is 5.91 Å². The predicted molar refractivity (Wildman–Crippen MR) is 407 cm³/mol. The summed E-state index contributed by atoms with van der Waals surface area (Å²) in [6, 6.07) is 64.9. The second-order valence-electron chi connectivity index (χ2n) is 27.7. The lowest BCUT2D eigenvalue weighted by Crippen LogP contribution is -2.70. The molecule has 112 heavy (non-hydrogen) atoms. The molecule has 1 unspecified atom stereocenters. The molecule has 5 aliphatic rings. The minimum absolute atomic E-state index is 0.00367. The van der Waals surface area contributed by atoms with Gasteiger partial charge in [0.15, 0.2) is 25.2 Å². The van der Waals surface area contributed by atoms with Crippen molar-refractivity contribution in [2.75, 3.05) is 25.1 Å². The normalized spacial score (nSPS) is 28.4. The van der Waals surface area contributed by atoms with Gasteiger partial charge in [-0.2, -0.15) is 0 Å².